The number of hydrogen-bond acceptors (Lipinski definition) is 2. The zero-order valence-electron chi connectivity index (χ0n) is 10.3. The van der Waals surface area contributed by atoms with Gasteiger partial charge in [0.15, 0.2) is 0 Å². The topological polar surface area (TPSA) is 34.9 Å². The first kappa shape index (κ1) is 11.6. The van der Waals surface area contributed by atoms with Crippen LogP contribution in [0.5, 0.6) is 0 Å². The van der Waals surface area contributed by atoms with Crippen molar-refractivity contribution in [1.82, 2.24) is 9.78 Å². The fourth-order valence-electron chi connectivity index (χ4n) is 2.20. The van der Waals surface area contributed by atoms with Gasteiger partial charge >= 0.3 is 0 Å². The Bertz CT molecular complexity index is 777. The normalized spacial score (nSPS) is 10.8. The summed E-state index contributed by atoms with van der Waals surface area (Å²) in [6.07, 6.45) is 0.800. The number of benzene rings is 2. The van der Waals surface area contributed by atoms with Gasteiger partial charge in [0.05, 0.1) is 5.52 Å². The maximum Gasteiger partial charge on any atom is 0.150 e. The maximum absolute atomic E-state index is 13.3. The number of carbonyl (C=O) groups is 1. The number of aldehydes is 1. The number of hydrogen-bond donors (Lipinski definition) is 0. The van der Waals surface area contributed by atoms with E-state index in [9.17, 15) is 9.18 Å². The summed E-state index contributed by atoms with van der Waals surface area (Å²) in [6.45, 7) is 0. The van der Waals surface area contributed by atoms with Crippen molar-refractivity contribution in [3.05, 3.63) is 53.8 Å². The highest BCUT2D eigenvalue weighted by molar-refractivity contribution is 5.96. The van der Waals surface area contributed by atoms with E-state index < -0.39 is 0 Å². The minimum Gasteiger partial charge on any atom is -0.298 e. The third kappa shape index (κ3) is 1.91. The Morgan fingerprint density at radius 2 is 2.05 bits per heavy atom. The molecule has 1 heterocycles. The van der Waals surface area contributed by atoms with E-state index in [0.29, 0.717) is 5.56 Å². The number of halogens is 1. The van der Waals surface area contributed by atoms with Gasteiger partial charge in [-0.3, -0.25) is 9.48 Å². The third-order valence-corrected chi connectivity index (χ3v) is 3.11. The fourth-order valence-corrected chi connectivity index (χ4v) is 2.20. The highest BCUT2D eigenvalue weighted by atomic mass is 19.1. The molecule has 0 amide bonds. The van der Waals surface area contributed by atoms with Crippen LogP contribution < -0.4 is 0 Å². The predicted octanol–water partition coefficient (Wildman–Crippen LogP) is 3.19. The van der Waals surface area contributed by atoms with E-state index in [0.717, 1.165) is 28.4 Å². The van der Waals surface area contributed by atoms with E-state index in [1.54, 1.807) is 29.9 Å². The molecule has 0 unspecified atom stereocenters. The second-order valence-corrected chi connectivity index (χ2v) is 4.38. The first-order valence-corrected chi connectivity index (χ1v) is 5.87. The summed E-state index contributed by atoms with van der Waals surface area (Å²) in [7, 11) is 1.81. The third-order valence-electron chi connectivity index (χ3n) is 3.11. The largest absolute Gasteiger partial charge is 0.298 e. The summed E-state index contributed by atoms with van der Waals surface area (Å²) in [5.74, 6) is -0.291. The van der Waals surface area contributed by atoms with Crippen molar-refractivity contribution in [3.63, 3.8) is 0 Å². The summed E-state index contributed by atoms with van der Waals surface area (Å²) in [5, 5.41) is 5.31. The quantitative estimate of drug-likeness (QED) is 0.658. The van der Waals surface area contributed by atoms with Crippen LogP contribution in [0.1, 0.15) is 10.4 Å². The summed E-state index contributed by atoms with van der Waals surface area (Å²) < 4.78 is 15.0. The highest BCUT2D eigenvalue weighted by Crippen LogP contribution is 2.28. The molecular formula is C15H11FN2O. The van der Waals surface area contributed by atoms with Crippen LogP contribution in [0.15, 0.2) is 42.5 Å². The molecule has 0 bridgehead atoms. The van der Waals surface area contributed by atoms with Gasteiger partial charge in [-0.05, 0) is 24.3 Å². The molecule has 0 aliphatic rings. The minimum absolute atomic E-state index is 0.291. The van der Waals surface area contributed by atoms with E-state index in [2.05, 4.69) is 5.10 Å². The first-order chi connectivity index (χ1) is 9.19. The molecule has 0 atom stereocenters. The second kappa shape index (κ2) is 4.31. The van der Waals surface area contributed by atoms with Gasteiger partial charge in [-0.25, -0.2) is 4.39 Å². The molecule has 0 fully saturated rings. The summed E-state index contributed by atoms with van der Waals surface area (Å²) >= 11 is 0. The molecule has 2 aromatic carbocycles. The van der Waals surface area contributed by atoms with Crippen molar-refractivity contribution < 1.29 is 9.18 Å². The van der Waals surface area contributed by atoms with Crippen LogP contribution >= 0.6 is 0 Å². The van der Waals surface area contributed by atoms with Gasteiger partial charge in [0.2, 0.25) is 0 Å². The maximum atomic E-state index is 13.3. The van der Waals surface area contributed by atoms with Crippen molar-refractivity contribution in [2.24, 2.45) is 7.05 Å². The lowest BCUT2D eigenvalue weighted by Crippen LogP contribution is -1.90. The molecule has 94 valence electrons. The van der Waals surface area contributed by atoms with Crippen LogP contribution in [-0.2, 0) is 7.05 Å². The molecular weight excluding hydrogens is 243 g/mol. The molecule has 0 saturated heterocycles. The van der Waals surface area contributed by atoms with Crippen LogP contribution in [0.3, 0.4) is 0 Å². The van der Waals surface area contributed by atoms with Crippen LogP contribution in [0.25, 0.3) is 22.2 Å². The second-order valence-electron chi connectivity index (χ2n) is 4.38. The van der Waals surface area contributed by atoms with Gasteiger partial charge in [-0.1, -0.05) is 18.2 Å². The van der Waals surface area contributed by atoms with E-state index in [-0.39, 0.29) is 5.82 Å². The van der Waals surface area contributed by atoms with Crippen molar-refractivity contribution in [1.29, 1.82) is 0 Å². The Kier molecular flexibility index (Phi) is 2.63. The monoisotopic (exact) mass is 254 g/mol. The number of aryl methyl sites for hydroxylation is 1. The summed E-state index contributed by atoms with van der Waals surface area (Å²) in [5.41, 5.74) is 2.89. The molecule has 1 aromatic heterocycles. The van der Waals surface area contributed by atoms with Gasteiger partial charge in [-0.15, -0.1) is 0 Å². The zero-order chi connectivity index (χ0) is 13.4. The van der Waals surface area contributed by atoms with Gasteiger partial charge in [0.25, 0.3) is 0 Å². The lowest BCUT2D eigenvalue weighted by atomic mass is 10.1. The molecule has 0 aliphatic carbocycles. The Hall–Kier alpha value is -2.49. The number of fused-ring (bicyclic) bond motifs is 1. The summed E-state index contributed by atoms with van der Waals surface area (Å²) in [4.78, 5) is 10.8. The van der Waals surface area contributed by atoms with Gasteiger partial charge < -0.3 is 0 Å². The predicted molar refractivity (Wildman–Crippen MR) is 71.5 cm³/mol. The van der Waals surface area contributed by atoms with Crippen molar-refractivity contribution in [3.8, 4) is 11.3 Å². The smallest absolute Gasteiger partial charge is 0.150 e. The van der Waals surface area contributed by atoms with Crippen molar-refractivity contribution >= 4 is 17.2 Å². The SMILES string of the molecule is Cn1nc(-c2cccc(F)c2)c2ccc(C=O)cc21. The fraction of sp³-hybridized carbons (Fsp3) is 0.0667. The molecule has 0 spiro atoms. The molecule has 0 N–H and O–H groups in total. The number of aromatic nitrogens is 2. The van der Waals surface area contributed by atoms with E-state index in [4.69, 9.17) is 0 Å². The highest BCUT2D eigenvalue weighted by Gasteiger charge is 2.11. The van der Waals surface area contributed by atoms with Crippen molar-refractivity contribution in [2.75, 3.05) is 0 Å². The summed E-state index contributed by atoms with van der Waals surface area (Å²) in [6, 6.07) is 11.7. The molecule has 0 aliphatic heterocycles. The van der Waals surface area contributed by atoms with Gasteiger partial charge in [0, 0.05) is 23.6 Å². The van der Waals surface area contributed by atoms with Crippen molar-refractivity contribution in [2.45, 2.75) is 0 Å². The van der Waals surface area contributed by atoms with Gasteiger partial charge in [0.1, 0.15) is 17.8 Å². The Morgan fingerprint density at radius 3 is 2.79 bits per heavy atom. The van der Waals surface area contributed by atoms with Gasteiger partial charge in [-0.2, -0.15) is 5.10 Å². The molecule has 3 aromatic rings. The molecule has 3 rings (SSSR count). The number of nitrogens with zero attached hydrogens (tertiary/aromatic N) is 2. The van der Waals surface area contributed by atoms with Crippen LogP contribution in [0, 0.1) is 5.82 Å². The van der Waals surface area contributed by atoms with Crippen LogP contribution in [-0.4, -0.2) is 16.1 Å². The van der Waals surface area contributed by atoms with Crippen LogP contribution in [0.4, 0.5) is 4.39 Å². The zero-order valence-corrected chi connectivity index (χ0v) is 10.3. The average molecular weight is 254 g/mol. The average Bonchev–Trinajstić information content (AvgIpc) is 2.76. The van der Waals surface area contributed by atoms with E-state index >= 15 is 0 Å². The first-order valence-electron chi connectivity index (χ1n) is 5.87. The standard InChI is InChI=1S/C15H11FN2O/c1-18-14-7-10(9-19)5-6-13(14)15(17-18)11-3-2-4-12(16)8-11/h2-9H,1H3. The molecule has 4 heteroatoms. The van der Waals surface area contributed by atoms with Crippen LogP contribution in [0.2, 0.25) is 0 Å². The molecule has 3 nitrogen and oxygen atoms in total. The number of carbonyl (C=O) groups excluding carboxylic acids is 1. The Labute approximate surface area is 109 Å². The molecule has 0 radical (unpaired) electrons. The van der Waals surface area contributed by atoms with E-state index in [1.165, 1.54) is 12.1 Å². The van der Waals surface area contributed by atoms with E-state index in [1.807, 2.05) is 12.1 Å². The molecule has 0 saturated carbocycles. The number of rotatable bonds is 2. The molecule has 19 heavy (non-hydrogen) atoms. The minimum atomic E-state index is -0.291. The lowest BCUT2D eigenvalue weighted by Gasteiger charge is -1.98. The lowest BCUT2D eigenvalue weighted by molar-refractivity contribution is 0.112. The Balaban J connectivity index is 2.28. The Morgan fingerprint density at radius 1 is 1.21 bits per heavy atom.